The summed E-state index contributed by atoms with van der Waals surface area (Å²) in [6.07, 6.45) is 1.58. The number of amides is 1. The fraction of sp³-hybridized carbons (Fsp3) is 0.231. The first-order valence-corrected chi connectivity index (χ1v) is 7.03. The van der Waals surface area contributed by atoms with Gasteiger partial charge in [-0.3, -0.25) is 9.59 Å². The predicted octanol–water partition coefficient (Wildman–Crippen LogP) is 2.56. The average Bonchev–Trinajstić information content (AvgIpc) is 2.97. The maximum absolute atomic E-state index is 12.3. The summed E-state index contributed by atoms with van der Waals surface area (Å²) < 4.78 is 2.10. The van der Waals surface area contributed by atoms with Crippen LogP contribution in [0.1, 0.15) is 15.4 Å². The van der Waals surface area contributed by atoms with Gasteiger partial charge in [-0.1, -0.05) is 11.6 Å². The number of aromatic nitrogens is 1. The van der Waals surface area contributed by atoms with Crippen LogP contribution in [-0.4, -0.2) is 33.5 Å². The summed E-state index contributed by atoms with van der Waals surface area (Å²) in [7, 11) is 1.67. The average molecular weight is 313 g/mol. The number of thiophene rings is 1. The van der Waals surface area contributed by atoms with E-state index >= 15 is 0 Å². The number of rotatable bonds is 5. The van der Waals surface area contributed by atoms with Crippen LogP contribution in [0.4, 0.5) is 0 Å². The highest BCUT2D eigenvalue weighted by Crippen LogP contribution is 2.22. The second kappa shape index (κ2) is 6.11. The Bertz CT molecular complexity index is 635. The highest BCUT2D eigenvalue weighted by molar-refractivity contribution is 7.16. The van der Waals surface area contributed by atoms with Crippen LogP contribution in [-0.2, 0) is 17.9 Å². The van der Waals surface area contributed by atoms with Crippen LogP contribution >= 0.6 is 22.9 Å². The first-order chi connectivity index (χ1) is 9.47. The number of carbonyl (C=O) groups excluding carboxylic acids is 1. The van der Waals surface area contributed by atoms with E-state index in [0.29, 0.717) is 16.6 Å². The summed E-state index contributed by atoms with van der Waals surface area (Å²) in [4.78, 5) is 25.6. The molecule has 0 saturated heterocycles. The largest absolute Gasteiger partial charge is 0.480 e. The maximum atomic E-state index is 12.3. The zero-order chi connectivity index (χ0) is 14.7. The third-order valence-electron chi connectivity index (χ3n) is 2.72. The lowest BCUT2D eigenvalue weighted by molar-refractivity contribution is -0.137. The Balaban J connectivity index is 2.10. The summed E-state index contributed by atoms with van der Waals surface area (Å²) in [5.74, 6) is -1.20. The van der Waals surface area contributed by atoms with Crippen LogP contribution < -0.4 is 0 Å². The Morgan fingerprint density at radius 3 is 2.75 bits per heavy atom. The van der Waals surface area contributed by atoms with Crippen molar-refractivity contribution in [2.45, 2.75) is 13.1 Å². The molecule has 2 rings (SSSR count). The van der Waals surface area contributed by atoms with Crippen molar-refractivity contribution in [1.82, 2.24) is 9.47 Å². The first kappa shape index (κ1) is 14.6. The number of hydrogen-bond donors (Lipinski definition) is 1. The molecule has 106 valence electrons. The molecule has 2 aromatic heterocycles. The van der Waals surface area contributed by atoms with Gasteiger partial charge in [-0.05, 0) is 24.3 Å². The molecule has 0 aromatic carbocycles. The highest BCUT2D eigenvalue weighted by atomic mass is 35.5. The Morgan fingerprint density at radius 1 is 1.40 bits per heavy atom. The summed E-state index contributed by atoms with van der Waals surface area (Å²) in [6, 6.07) is 6.93. The van der Waals surface area contributed by atoms with Gasteiger partial charge in [-0.15, -0.1) is 11.3 Å². The molecule has 1 amide bonds. The van der Waals surface area contributed by atoms with Gasteiger partial charge >= 0.3 is 5.97 Å². The molecular formula is C13H13ClN2O3S. The van der Waals surface area contributed by atoms with Crippen molar-refractivity contribution in [1.29, 1.82) is 0 Å². The second-order valence-electron chi connectivity index (χ2n) is 4.28. The molecule has 0 unspecified atom stereocenters. The number of aliphatic carboxylic acids is 1. The number of carboxylic acid groups (broad SMARTS) is 1. The Kier molecular flexibility index (Phi) is 4.46. The van der Waals surface area contributed by atoms with Gasteiger partial charge in [0.05, 0.1) is 10.9 Å². The molecule has 5 nitrogen and oxygen atoms in total. The van der Waals surface area contributed by atoms with Gasteiger partial charge in [0, 0.05) is 18.1 Å². The van der Waals surface area contributed by atoms with Crippen LogP contribution in [0.3, 0.4) is 0 Å². The van der Waals surface area contributed by atoms with Crippen molar-refractivity contribution in [3.63, 3.8) is 0 Å². The molecular weight excluding hydrogens is 300 g/mol. The molecule has 0 spiro atoms. The summed E-state index contributed by atoms with van der Waals surface area (Å²) in [5.41, 5.74) is 0.359. The summed E-state index contributed by atoms with van der Waals surface area (Å²) >= 11 is 7.27. The minimum Gasteiger partial charge on any atom is -0.480 e. The van der Waals surface area contributed by atoms with Crippen molar-refractivity contribution < 1.29 is 14.7 Å². The van der Waals surface area contributed by atoms with Crippen molar-refractivity contribution >= 4 is 34.8 Å². The summed E-state index contributed by atoms with van der Waals surface area (Å²) in [5, 5.41) is 8.81. The molecule has 0 aliphatic rings. The van der Waals surface area contributed by atoms with Gasteiger partial charge in [-0.2, -0.15) is 0 Å². The van der Waals surface area contributed by atoms with Gasteiger partial charge in [0.25, 0.3) is 5.91 Å². The predicted molar refractivity (Wildman–Crippen MR) is 77.2 cm³/mol. The second-order valence-corrected chi connectivity index (χ2v) is 6.08. The van der Waals surface area contributed by atoms with Crippen LogP contribution in [0, 0.1) is 0 Å². The van der Waals surface area contributed by atoms with E-state index in [2.05, 4.69) is 0 Å². The first-order valence-electron chi connectivity index (χ1n) is 5.84. The number of halogens is 1. The topological polar surface area (TPSA) is 62.5 Å². The molecule has 7 heteroatoms. The van der Waals surface area contributed by atoms with E-state index in [0.717, 1.165) is 4.88 Å². The van der Waals surface area contributed by atoms with Crippen LogP contribution in [0.2, 0.25) is 4.34 Å². The zero-order valence-electron chi connectivity index (χ0n) is 10.7. The Morgan fingerprint density at radius 2 is 2.15 bits per heavy atom. The molecule has 1 N–H and O–H groups in total. The van der Waals surface area contributed by atoms with Crippen molar-refractivity contribution in [3.8, 4) is 0 Å². The minimum absolute atomic E-state index is 0.222. The van der Waals surface area contributed by atoms with Crippen LogP contribution in [0.5, 0.6) is 0 Å². The lowest BCUT2D eigenvalue weighted by atomic mass is 10.3. The quantitative estimate of drug-likeness (QED) is 0.923. The molecule has 0 bridgehead atoms. The van der Waals surface area contributed by atoms with Crippen molar-refractivity contribution in [2.75, 3.05) is 7.05 Å². The van der Waals surface area contributed by atoms with Crippen LogP contribution in [0.15, 0.2) is 30.5 Å². The third-order valence-corrected chi connectivity index (χ3v) is 3.94. The standard InChI is InChI=1S/C13H13ClN2O3S/c1-15(7-9-4-5-11(14)20-9)13(19)10-3-2-6-16(10)8-12(17)18/h2-6H,7-8H2,1H3,(H,17,18). The van der Waals surface area contributed by atoms with Gasteiger partial charge in [0.15, 0.2) is 0 Å². The molecule has 0 atom stereocenters. The highest BCUT2D eigenvalue weighted by Gasteiger charge is 2.17. The fourth-order valence-corrected chi connectivity index (χ4v) is 2.97. The van der Waals surface area contributed by atoms with E-state index < -0.39 is 5.97 Å². The minimum atomic E-state index is -0.983. The lowest BCUT2D eigenvalue weighted by Crippen LogP contribution is -2.28. The SMILES string of the molecule is CN(Cc1ccc(Cl)s1)C(=O)c1cccn1CC(=O)O. The van der Waals surface area contributed by atoms with Crippen molar-refractivity contribution in [3.05, 3.63) is 45.4 Å². The van der Waals surface area contributed by atoms with E-state index in [4.69, 9.17) is 16.7 Å². The molecule has 2 heterocycles. The molecule has 0 fully saturated rings. The Hall–Kier alpha value is -1.79. The van der Waals surface area contributed by atoms with E-state index in [9.17, 15) is 9.59 Å². The van der Waals surface area contributed by atoms with Gasteiger partial charge < -0.3 is 14.6 Å². The van der Waals surface area contributed by atoms with Crippen molar-refractivity contribution in [2.24, 2.45) is 0 Å². The van der Waals surface area contributed by atoms with Gasteiger partial charge in [0.1, 0.15) is 12.2 Å². The smallest absolute Gasteiger partial charge is 0.323 e. The molecule has 2 aromatic rings. The Labute approximate surface area is 125 Å². The fourth-order valence-electron chi connectivity index (χ4n) is 1.83. The molecule has 0 aliphatic carbocycles. The molecule has 0 aliphatic heterocycles. The van der Waals surface area contributed by atoms with Crippen LogP contribution in [0.25, 0.3) is 0 Å². The molecule has 0 radical (unpaired) electrons. The molecule has 20 heavy (non-hydrogen) atoms. The number of carboxylic acids is 1. The maximum Gasteiger partial charge on any atom is 0.323 e. The zero-order valence-corrected chi connectivity index (χ0v) is 12.3. The van der Waals surface area contributed by atoms with E-state index in [1.807, 2.05) is 6.07 Å². The van der Waals surface area contributed by atoms with Gasteiger partial charge in [0.2, 0.25) is 0 Å². The third kappa shape index (κ3) is 3.40. The molecule has 0 saturated carbocycles. The van der Waals surface area contributed by atoms with E-state index in [-0.39, 0.29) is 12.5 Å². The normalized spacial score (nSPS) is 10.5. The number of nitrogens with zero attached hydrogens (tertiary/aromatic N) is 2. The number of carbonyl (C=O) groups is 2. The van der Waals surface area contributed by atoms with E-state index in [1.165, 1.54) is 20.8 Å². The van der Waals surface area contributed by atoms with Gasteiger partial charge in [-0.25, -0.2) is 0 Å². The lowest BCUT2D eigenvalue weighted by Gasteiger charge is -2.17. The summed E-state index contributed by atoms with van der Waals surface area (Å²) in [6.45, 7) is 0.210. The monoisotopic (exact) mass is 312 g/mol. The number of hydrogen-bond acceptors (Lipinski definition) is 3. The van der Waals surface area contributed by atoms with E-state index in [1.54, 1.807) is 31.4 Å².